The van der Waals surface area contributed by atoms with Gasteiger partial charge in [0.05, 0.1) is 17.6 Å². The number of nitrogens with one attached hydrogen (secondary N) is 1. The number of hydrogen-bond donors (Lipinski definition) is 1. The van der Waals surface area contributed by atoms with Gasteiger partial charge in [0.15, 0.2) is 0 Å². The number of fused-ring (bicyclic) bond motifs is 1. The van der Waals surface area contributed by atoms with Gasteiger partial charge in [-0.25, -0.2) is 0 Å². The van der Waals surface area contributed by atoms with Crippen molar-refractivity contribution in [2.75, 3.05) is 0 Å². The molecule has 3 rings (SSSR count). The minimum Gasteiger partial charge on any atom is -0.360 e. The Balaban J connectivity index is 2.06. The summed E-state index contributed by atoms with van der Waals surface area (Å²) in [5.41, 5.74) is 2.01. The van der Waals surface area contributed by atoms with Gasteiger partial charge in [0.1, 0.15) is 0 Å². The minimum absolute atomic E-state index is 0.998. The molecule has 2 nitrogen and oxygen atoms in total. The molecule has 17 heavy (non-hydrogen) atoms. The van der Waals surface area contributed by atoms with Crippen LogP contribution in [-0.4, -0.2) is 11.2 Å². The third-order valence-corrected chi connectivity index (χ3v) is 2.73. The fourth-order valence-corrected chi connectivity index (χ4v) is 1.88. The van der Waals surface area contributed by atoms with Crippen molar-refractivity contribution in [3.63, 3.8) is 0 Å². The number of aromatic nitrogens is 1. The first-order valence-electron chi connectivity index (χ1n) is 5.59. The summed E-state index contributed by atoms with van der Waals surface area (Å²) in [6, 6.07) is 18.4. The van der Waals surface area contributed by atoms with Gasteiger partial charge in [-0.05, 0) is 23.6 Å². The lowest BCUT2D eigenvalue weighted by atomic mass is 10.1. The van der Waals surface area contributed by atoms with Gasteiger partial charge in [0.25, 0.3) is 0 Å². The van der Waals surface area contributed by atoms with Gasteiger partial charge in [-0.2, -0.15) is 0 Å². The van der Waals surface area contributed by atoms with Crippen molar-refractivity contribution in [3.8, 4) is 0 Å². The molecule has 3 aromatic rings. The summed E-state index contributed by atoms with van der Waals surface area (Å²) in [4.78, 5) is 7.63. The number of aromatic amines is 1. The van der Waals surface area contributed by atoms with E-state index in [1.807, 2.05) is 48.8 Å². The Morgan fingerprint density at radius 3 is 2.65 bits per heavy atom. The summed E-state index contributed by atoms with van der Waals surface area (Å²) in [7, 11) is 0. The molecule has 0 atom stereocenters. The highest BCUT2D eigenvalue weighted by molar-refractivity contribution is 5.94. The second-order valence-corrected chi connectivity index (χ2v) is 3.88. The molecule has 0 saturated heterocycles. The van der Waals surface area contributed by atoms with E-state index in [0.717, 1.165) is 11.4 Å². The predicted molar refractivity (Wildman–Crippen MR) is 72.0 cm³/mol. The number of aliphatic imine (C=N–C) groups is 1. The zero-order valence-corrected chi connectivity index (χ0v) is 9.30. The van der Waals surface area contributed by atoms with E-state index < -0.39 is 0 Å². The average Bonchev–Trinajstić information content (AvgIpc) is 2.89. The highest BCUT2D eigenvalue weighted by Crippen LogP contribution is 2.25. The van der Waals surface area contributed by atoms with Crippen LogP contribution in [0.4, 0.5) is 5.69 Å². The molecule has 0 fully saturated rings. The van der Waals surface area contributed by atoms with Crippen LogP contribution in [0.5, 0.6) is 0 Å². The molecule has 1 N–H and O–H groups in total. The van der Waals surface area contributed by atoms with Gasteiger partial charge in [-0.15, -0.1) is 0 Å². The van der Waals surface area contributed by atoms with Gasteiger partial charge in [0, 0.05) is 11.6 Å². The molecule has 0 unspecified atom stereocenters. The predicted octanol–water partition coefficient (Wildman–Crippen LogP) is 3.92. The Hall–Kier alpha value is -2.35. The van der Waals surface area contributed by atoms with Crippen LogP contribution < -0.4 is 0 Å². The van der Waals surface area contributed by atoms with E-state index in [2.05, 4.69) is 28.2 Å². The second-order valence-electron chi connectivity index (χ2n) is 3.88. The van der Waals surface area contributed by atoms with Crippen LogP contribution in [0.2, 0.25) is 0 Å². The number of hydrogen-bond acceptors (Lipinski definition) is 1. The average molecular weight is 220 g/mol. The minimum atomic E-state index is 0.998. The molecule has 0 saturated carbocycles. The first-order chi connectivity index (χ1) is 8.43. The van der Waals surface area contributed by atoms with Crippen LogP contribution in [0, 0.1) is 0 Å². The first kappa shape index (κ1) is 9.85. The fourth-order valence-electron chi connectivity index (χ4n) is 1.88. The molecule has 0 radical (unpaired) electrons. The fraction of sp³-hybridized carbons (Fsp3) is 0. The van der Waals surface area contributed by atoms with Crippen LogP contribution >= 0.6 is 0 Å². The highest BCUT2D eigenvalue weighted by atomic mass is 14.8. The van der Waals surface area contributed by atoms with E-state index in [0.29, 0.717) is 0 Å². The van der Waals surface area contributed by atoms with E-state index in [4.69, 9.17) is 0 Å². The van der Waals surface area contributed by atoms with Crippen molar-refractivity contribution in [1.29, 1.82) is 0 Å². The molecule has 1 heterocycles. The monoisotopic (exact) mass is 220 g/mol. The van der Waals surface area contributed by atoms with E-state index in [-0.39, 0.29) is 0 Å². The summed E-state index contributed by atoms with van der Waals surface area (Å²) in [6.07, 6.45) is 3.74. The smallest absolute Gasteiger partial charge is 0.0708 e. The second kappa shape index (κ2) is 4.26. The Kier molecular flexibility index (Phi) is 2.47. The molecule has 0 aliphatic heterocycles. The zero-order chi connectivity index (χ0) is 11.5. The van der Waals surface area contributed by atoms with Gasteiger partial charge in [0.2, 0.25) is 0 Å². The Bertz CT molecular complexity index is 646. The number of H-pyrrole nitrogens is 1. The third kappa shape index (κ3) is 1.97. The molecule has 0 aliphatic carbocycles. The molecule has 0 bridgehead atoms. The molecule has 0 spiro atoms. The van der Waals surface area contributed by atoms with Gasteiger partial charge in [-0.3, -0.25) is 4.99 Å². The molecule has 2 heteroatoms. The Labute approximate surface area is 99.6 Å². The van der Waals surface area contributed by atoms with Crippen molar-refractivity contribution in [1.82, 2.24) is 4.98 Å². The van der Waals surface area contributed by atoms with Gasteiger partial charge < -0.3 is 4.98 Å². The van der Waals surface area contributed by atoms with Gasteiger partial charge in [-0.1, -0.05) is 36.4 Å². The van der Waals surface area contributed by atoms with Crippen molar-refractivity contribution in [2.45, 2.75) is 0 Å². The number of nitrogens with zero attached hydrogens (tertiary/aromatic N) is 1. The van der Waals surface area contributed by atoms with Crippen LogP contribution in [0.25, 0.3) is 10.8 Å². The molecular formula is C15H12N2. The number of rotatable bonds is 2. The normalized spacial score (nSPS) is 11.3. The summed E-state index contributed by atoms with van der Waals surface area (Å²) in [5, 5.41) is 2.39. The lowest BCUT2D eigenvalue weighted by Crippen LogP contribution is -1.79. The summed E-state index contributed by atoms with van der Waals surface area (Å²) in [6.45, 7) is 0. The van der Waals surface area contributed by atoms with E-state index in [1.165, 1.54) is 10.8 Å². The van der Waals surface area contributed by atoms with Crippen LogP contribution in [0.3, 0.4) is 0 Å². The molecule has 82 valence electrons. The van der Waals surface area contributed by atoms with Crippen molar-refractivity contribution < 1.29 is 0 Å². The standard InChI is InChI=1S/C15H12N2/c1-2-8-14-12(5-1)6-3-9-15(14)17-11-13-7-4-10-16-13/h1-11,16H. The van der Waals surface area contributed by atoms with Crippen LogP contribution in [-0.2, 0) is 0 Å². The first-order valence-corrected chi connectivity index (χ1v) is 5.59. The maximum absolute atomic E-state index is 4.52. The van der Waals surface area contributed by atoms with E-state index in [1.54, 1.807) is 0 Å². The topological polar surface area (TPSA) is 28.1 Å². The van der Waals surface area contributed by atoms with Gasteiger partial charge >= 0.3 is 0 Å². The lowest BCUT2D eigenvalue weighted by molar-refractivity contribution is 1.38. The molecular weight excluding hydrogens is 208 g/mol. The van der Waals surface area contributed by atoms with E-state index in [9.17, 15) is 0 Å². The summed E-state index contributed by atoms with van der Waals surface area (Å²) >= 11 is 0. The molecule has 0 aliphatic rings. The third-order valence-electron chi connectivity index (χ3n) is 2.73. The Morgan fingerprint density at radius 1 is 0.882 bits per heavy atom. The van der Waals surface area contributed by atoms with Crippen LogP contribution in [0.1, 0.15) is 5.69 Å². The largest absolute Gasteiger partial charge is 0.360 e. The zero-order valence-electron chi connectivity index (χ0n) is 9.30. The molecule has 1 aromatic heterocycles. The SMILES string of the molecule is C(=Nc1cccc2ccccc12)c1ccc[nH]1. The quantitative estimate of drug-likeness (QED) is 0.634. The maximum Gasteiger partial charge on any atom is 0.0708 e. The highest BCUT2D eigenvalue weighted by Gasteiger charge is 1.97. The number of benzene rings is 2. The summed E-state index contributed by atoms with van der Waals surface area (Å²) in [5.74, 6) is 0. The van der Waals surface area contributed by atoms with Crippen molar-refractivity contribution in [3.05, 3.63) is 66.5 Å². The molecule has 2 aromatic carbocycles. The van der Waals surface area contributed by atoms with Crippen molar-refractivity contribution in [2.24, 2.45) is 4.99 Å². The van der Waals surface area contributed by atoms with Crippen LogP contribution in [0.15, 0.2) is 65.8 Å². The maximum atomic E-state index is 4.52. The molecule has 0 amide bonds. The van der Waals surface area contributed by atoms with Crippen molar-refractivity contribution >= 4 is 22.7 Å². The summed E-state index contributed by atoms with van der Waals surface area (Å²) < 4.78 is 0. The van der Waals surface area contributed by atoms with E-state index >= 15 is 0 Å². The Morgan fingerprint density at radius 2 is 1.76 bits per heavy atom. The lowest BCUT2D eigenvalue weighted by Gasteiger charge is -2.00.